The Morgan fingerprint density at radius 1 is 0.906 bits per heavy atom. The summed E-state index contributed by atoms with van der Waals surface area (Å²) in [5, 5.41) is 1.92. The average Bonchev–Trinajstić information content (AvgIpc) is 3.56. The topological polar surface area (TPSA) is 62.3 Å². The molecule has 0 N–H and O–H groups in total. The predicted molar refractivity (Wildman–Crippen MR) is 127 cm³/mol. The molecule has 1 fully saturated rings. The van der Waals surface area contributed by atoms with E-state index in [1.165, 1.54) is 29.1 Å². The van der Waals surface area contributed by atoms with Gasteiger partial charge in [0.25, 0.3) is 11.8 Å². The van der Waals surface area contributed by atoms with Gasteiger partial charge in [0.1, 0.15) is 5.70 Å². The van der Waals surface area contributed by atoms with Gasteiger partial charge in [0.2, 0.25) is 0 Å². The zero-order valence-corrected chi connectivity index (χ0v) is 19.4. The van der Waals surface area contributed by atoms with Crippen LogP contribution in [0.3, 0.4) is 0 Å². The summed E-state index contributed by atoms with van der Waals surface area (Å²) in [7, 11) is 3.25. The molecule has 2 aliphatic heterocycles. The van der Waals surface area contributed by atoms with Crippen LogP contribution in [0.2, 0.25) is 0 Å². The highest BCUT2D eigenvalue weighted by atomic mass is 32.1. The molecule has 0 radical (unpaired) electrons. The molecule has 0 bridgehead atoms. The summed E-state index contributed by atoms with van der Waals surface area (Å²) in [5.74, 6) is -0.597. The number of anilines is 2. The van der Waals surface area contributed by atoms with E-state index in [1.807, 2.05) is 46.7 Å². The Morgan fingerprint density at radius 2 is 1.53 bits per heavy atom. The van der Waals surface area contributed by atoms with Gasteiger partial charge in [-0.2, -0.15) is 0 Å². The number of rotatable bonds is 10. The molecule has 0 saturated carbocycles. The normalized spacial score (nSPS) is 16.6. The minimum atomic E-state index is -0.306. The zero-order chi connectivity index (χ0) is 22.5. The standard InChI is InChI=1S/C24H29N3O4S/c1-30-15-13-26(14-16-31-2)22-21(20-6-5-17-32-20)23(28)27(24(22)29)19-9-7-18(8-10-19)25-11-3-4-12-25/h5-10,17H,3-4,11-16H2,1-2H3. The van der Waals surface area contributed by atoms with Gasteiger partial charge >= 0.3 is 0 Å². The van der Waals surface area contributed by atoms with Crippen molar-refractivity contribution in [3.05, 3.63) is 52.4 Å². The molecule has 0 aliphatic carbocycles. The number of hydrogen-bond donors (Lipinski definition) is 0. The summed E-state index contributed by atoms with van der Waals surface area (Å²) >= 11 is 1.46. The fraction of sp³-hybridized carbons (Fsp3) is 0.417. The van der Waals surface area contributed by atoms with E-state index in [1.54, 1.807) is 14.2 Å². The van der Waals surface area contributed by atoms with Crippen molar-refractivity contribution in [1.82, 2.24) is 4.90 Å². The van der Waals surface area contributed by atoms with Gasteiger partial charge < -0.3 is 19.3 Å². The highest BCUT2D eigenvalue weighted by molar-refractivity contribution is 7.11. The molecule has 4 rings (SSSR count). The van der Waals surface area contributed by atoms with Crippen LogP contribution in [-0.2, 0) is 19.1 Å². The van der Waals surface area contributed by atoms with Gasteiger partial charge in [-0.05, 0) is 48.6 Å². The molecule has 0 atom stereocenters. The molecule has 32 heavy (non-hydrogen) atoms. The van der Waals surface area contributed by atoms with E-state index in [0.717, 1.165) is 23.7 Å². The molecular weight excluding hydrogens is 426 g/mol. The molecule has 170 valence electrons. The summed E-state index contributed by atoms with van der Waals surface area (Å²) in [6.07, 6.45) is 2.39. The fourth-order valence-corrected chi connectivity index (χ4v) is 4.98. The molecular formula is C24H29N3O4S. The minimum absolute atomic E-state index is 0.291. The van der Waals surface area contributed by atoms with Gasteiger partial charge in [-0.15, -0.1) is 11.3 Å². The average molecular weight is 456 g/mol. The third-order valence-electron chi connectivity index (χ3n) is 5.85. The molecule has 3 heterocycles. The third-order valence-corrected chi connectivity index (χ3v) is 6.74. The number of benzene rings is 1. The molecule has 1 aromatic heterocycles. The van der Waals surface area contributed by atoms with Crippen molar-refractivity contribution in [2.24, 2.45) is 0 Å². The van der Waals surface area contributed by atoms with Crippen LogP contribution in [0.15, 0.2) is 47.5 Å². The number of imide groups is 1. The van der Waals surface area contributed by atoms with Gasteiger partial charge in [-0.1, -0.05) is 6.07 Å². The largest absolute Gasteiger partial charge is 0.383 e. The lowest BCUT2D eigenvalue weighted by Crippen LogP contribution is -2.37. The summed E-state index contributed by atoms with van der Waals surface area (Å²) in [6, 6.07) is 11.5. The van der Waals surface area contributed by atoms with Crippen LogP contribution in [0.1, 0.15) is 17.7 Å². The summed E-state index contributed by atoms with van der Waals surface area (Å²) in [5.41, 5.74) is 2.57. The van der Waals surface area contributed by atoms with Crippen LogP contribution < -0.4 is 9.80 Å². The molecule has 0 spiro atoms. The van der Waals surface area contributed by atoms with E-state index in [4.69, 9.17) is 9.47 Å². The van der Waals surface area contributed by atoms with Crippen LogP contribution in [0.4, 0.5) is 11.4 Å². The molecule has 2 aromatic rings. The van der Waals surface area contributed by atoms with Crippen LogP contribution in [-0.4, -0.2) is 70.3 Å². The van der Waals surface area contributed by atoms with Crippen molar-refractivity contribution in [3.63, 3.8) is 0 Å². The first-order valence-corrected chi connectivity index (χ1v) is 11.8. The van der Waals surface area contributed by atoms with Gasteiger partial charge in [-0.3, -0.25) is 9.59 Å². The molecule has 2 aliphatic rings. The summed E-state index contributed by atoms with van der Waals surface area (Å²) in [4.78, 5) is 33.5. The Labute approximate surface area is 192 Å². The van der Waals surface area contributed by atoms with E-state index >= 15 is 0 Å². The number of ether oxygens (including phenoxy) is 2. The van der Waals surface area contributed by atoms with Crippen LogP contribution in [0.5, 0.6) is 0 Å². The Hall–Kier alpha value is -2.68. The number of hydrogen-bond acceptors (Lipinski definition) is 7. The molecule has 0 unspecified atom stereocenters. The molecule has 7 nitrogen and oxygen atoms in total. The van der Waals surface area contributed by atoms with Crippen molar-refractivity contribution in [2.75, 3.05) is 63.4 Å². The van der Waals surface area contributed by atoms with Crippen LogP contribution in [0.25, 0.3) is 5.57 Å². The predicted octanol–water partition coefficient (Wildman–Crippen LogP) is 3.23. The summed E-state index contributed by atoms with van der Waals surface area (Å²) < 4.78 is 10.5. The molecule has 1 saturated heterocycles. The number of nitrogens with zero attached hydrogens (tertiary/aromatic N) is 3. The van der Waals surface area contributed by atoms with E-state index in [9.17, 15) is 9.59 Å². The van der Waals surface area contributed by atoms with E-state index in [-0.39, 0.29) is 11.8 Å². The lowest BCUT2D eigenvalue weighted by molar-refractivity contribution is -0.120. The Kier molecular flexibility index (Phi) is 7.24. The maximum absolute atomic E-state index is 13.6. The Morgan fingerprint density at radius 3 is 2.09 bits per heavy atom. The smallest absolute Gasteiger partial charge is 0.282 e. The van der Waals surface area contributed by atoms with Gasteiger partial charge in [0.05, 0.1) is 24.5 Å². The van der Waals surface area contributed by atoms with E-state index in [2.05, 4.69) is 4.90 Å². The van der Waals surface area contributed by atoms with Crippen molar-refractivity contribution in [3.8, 4) is 0 Å². The first-order chi connectivity index (χ1) is 15.7. The van der Waals surface area contributed by atoms with Gasteiger partial charge in [0.15, 0.2) is 0 Å². The van der Waals surface area contributed by atoms with Gasteiger partial charge in [-0.25, -0.2) is 4.90 Å². The highest BCUT2D eigenvalue weighted by Crippen LogP contribution is 2.37. The summed E-state index contributed by atoms with van der Waals surface area (Å²) in [6.45, 7) is 3.95. The molecule has 1 aromatic carbocycles. The second-order valence-electron chi connectivity index (χ2n) is 7.83. The lowest BCUT2D eigenvalue weighted by atomic mass is 10.1. The van der Waals surface area contributed by atoms with E-state index < -0.39 is 0 Å². The highest BCUT2D eigenvalue weighted by Gasteiger charge is 2.42. The molecule has 2 amide bonds. The maximum Gasteiger partial charge on any atom is 0.282 e. The quantitative estimate of drug-likeness (QED) is 0.513. The number of thiophene rings is 1. The SMILES string of the molecule is COCCN(CCOC)C1=C(c2cccs2)C(=O)N(c2ccc(N3CCCC3)cc2)C1=O. The number of amides is 2. The maximum atomic E-state index is 13.6. The first-order valence-electron chi connectivity index (χ1n) is 10.9. The number of carbonyl (C=O) groups is 2. The second kappa shape index (κ2) is 10.3. The Bertz CT molecular complexity index is 958. The Balaban J connectivity index is 1.68. The monoisotopic (exact) mass is 455 g/mol. The van der Waals surface area contributed by atoms with Crippen LogP contribution in [0, 0.1) is 0 Å². The lowest BCUT2D eigenvalue weighted by Gasteiger charge is -2.25. The second-order valence-corrected chi connectivity index (χ2v) is 8.78. The van der Waals surface area contributed by atoms with Gasteiger partial charge in [0, 0.05) is 51.0 Å². The number of carbonyl (C=O) groups excluding carboxylic acids is 2. The van der Waals surface area contributed by atoms with Crippen molar-refractivity contribution in [1.29, 1.82) is 0 Å². The molecule has 8 heteroatoms. The number of methoxy groups -OCH3 is 2. The van der Waals surface area contributed by atoms with E-state index in [0.29, 0.717) is 43.3 Å². The van der Waals surface area contributed by atoms with Crippen molar-refractivity contribution in [2.45, 2.75) is 12.8 Å². The minimum Gasteiger partial charge on any atom is -0.383 e. The first kappa shape index (κ1) is 22.5. The van der Waals surface area contributed by atoms with Crippen molar-refractivity contribution < 1.29 is 19.1 Å². The van der Waals surface area contributed by atoms with Crippen molar-refractivity contribution >= 4 is 40.1 Å². The van der Waals surface area contributed by atoms with Crippen LogP contribution >= 0.6 is 11.3 Å². The zero-order valence-electron chi connectivity index (χ0n) is 18.6. The fourth-order valence-electron chi connectivity index (χ4n) is 4.22. The third kappa shape index (κ3) is 4.44.